The van der Waals surface area contributed by atoms with Crippen LogP contribution in [0.2, 0.25) is 0 Å². The van der Waals surface area contributed by atoms with E-state index in [2.05, 4.69) is 5.10 Å². The number of nitrogens with zero attached hydrogens (tertiary/aromatic N) is 2. The number of carboxylic acid groups (broad SMARTS) is 1. The lowest BCUT2D eigenvalue weighted by Gasteiger charge is -2.21. The third-order valence-electron chi connectivity index (χ3n) is 3.38. The molecule has 0 atom stereocenters. The summed E-state index contributed by atoms with van der Waals surface area (Å²) < 4.78 is 1.66. The van der Waals surface area contributed by atoms with Crippen LogP contribution in [-0.4, -0.2) is 20.9 Å². The summed E-state index contributed by atoms with van der Waals surface area (Å²) in [6.45, 7) is 2.56. The lowest BCUT2D eigenvalue weighted by molar-refractivity contribution is 0.0680. The molecular formula is C12H18N2O2. The fourth-order valence-electron chi connectivity index (χ4n) is 2.51. The first-order chi connectivity index (χ1) is 7.68. The summed E-state index contributed by atoms with van der Waals surface area (Å²) in [5.41, 5.74) is 1.11. The molecule has 2 rings (SSSR count). The van der Waals surface area contributed by atoms with Crippen molar-refractivity contribution in [2.24, 2.45) is 5.92 Å². The Labute approximate surface area is 95.3 Å². The quantitative estimate of drug-likeness (QED) is 0.854. The van der Waals surface area contributed by atoms with Gasteiger partial charge in [-0.15, -0.1) is 0 Å². The van der Waals surface area contributed by atoms with E-state index in [1.807, 2.05) is 0 Å². The molecule has 1 heterocycles. The van der Waals surface area contributed by atoms with E-state index in [9.17, 15) is 4.79 Å². The van der Waals surface area contributed by atoms with Crippen molar-refractivity contribution in [3.63, 3.8) is 0 Å². The van der Waals surface area contributed by atoms with Gasteiger partial charge in [-0.25, -0.2) is 4.79 Å². The molecule has 4 nitrogen and oxygen atoms in total. The smallest absolute Gasteiger partial charge is 0.354 e. The largest absolute Gasteiger partial charge is 0.477 e. The van der Waals surface area contributed by atoms with Crippen LogP contribution in [0.15, 0.2) is 6.20 Å². The molecule has 0 spiro atoms. The van der Waals surface area contributed by atoms with Crippen LogP contribution in [0.5, 0.6) is 0 Å². The Kier molecular flexibility index (Phi) is 3.27. The Balaban J connectivity index is 2.11. The van der Waals surface area contributed by atoms with Crippen molar-refractivity contribution < 1.29 is 9.90 Å². The van der Waals surface area contributed by atoms with Crippen LogP contribution < -0.4 is 0 Å². The number of aryl methyl sites for hydroxylation is 1. The van der Waals surface area contributed by atoms with Gasteiger partial charge in [-0.1, -0.05) is 19.3 Å². The van der Waals surface area contributed by atoms with Crippen LogP contribution in [0.3, 0.4) is 0 Å². The second-order valence-corrected chi connectivity index (χ2v) is 4.67. The molecule has 16 heavy (non-hydrogen) atoms. The van der Waals surface area contributed by atoms with Gasteiger partial charge < -0.3 is 5.11 Å². The molecule has 88 valence electrons. The molecule has 1 aromatic heterocycles. The summed E-state index contributed by atoms with van der Waals surface area (Å²) in [6, 6.07) is 0. The zero-order valence-electron chi connectivity index (χ0n) is 9.65. The summed E-state index contributed by atoms with van der Waals surface area (Å²) >= 11 is 0. The van der Waals surface area contributed by atoms with E-state index in [4.69, 9.17) is 5.11 Å². The molecule has 1 saturated carbocycles. The molecule has 0 radical (unpaired) electrons. The summed E-state index contributed by atoms with van der Waals surface area (Å²) in [7, 11) is 0. The number of rotatable bonds is 3. The number of hydrogen-bond acceptors (Lipinski definition) is 2. The minimum absolute atomic E-state index is 0.352. The van der Waals surface area contributed by atoms with Crippen LogP contribution >= 0.6 is 0 Å². The third kappa shape index (κ3) is 2.26. The highest BCUT2D eigenvalue weighted by molar-refractivity contribution is 5.87. The van der Waals surface area contributed by atoms with Crippen LogP contribution in [0.1, 0.15) is 48.2 Å². The Hall–Kier alpha value is -1.32. The van der Waals surface area contributed by atoms with Crippen molar-refractivity contribution in [1.82, 2.24) is 9.78 Å². The standard InChI is InChI=1S/C12H18N2O2/c1-9-7-13-14(11(9)12(15)16)8-10-5-3-2-4-6-10/h7,10H,2-6,8H2,1H3,(H,15,16). The highest BCUT2D eigenvalue weighted by Crippen LogP contribution is 2.25. The highest BCUT2D eigenvalue weighted by atomic mass is 16.4. The van der Waals surface area contributed by atoms with Gasteiger partial charge in [0.15, 0.2) is 0 Å². The zero-order valence-corrected chi connectivity index (χ0v) is 9.65. The van der Waals surface area contributed by atoms with E-state index in [-0.39, 0.29) is 0 Å². The molecule has 1 aliphatic rings. The lowest BCUT2D eigenvalue weighted by atomic mass is 9.89. The normalized spacial score (nSPS) is 17.6. The van der Waals surface area contributed by atoms with E-state index in [0.717, 1.165) is 12.1 Å². The van der Waals surface area contributed by atoms with Crippen molar-refractivity contribution in [3.8, 4) is 0 Å². The maximum absolute atomic E-state index is 11.1. The minimum Gasteiger partial charge on any atom is -0.477 e. The van der Waals surface area contributed by atoms with Crippen molar-refractivity contribution in [2.45, 2.75) is 45.6 Å². The molecule has 0 aromatic carbocycles. The first-order valence-corrected chi connectivity index (χ1v) is 5.94. The van der Waals surface area contributed by atoms with Gasteiger partial charge in [-0.2, -0.15) is 5.10 Å². The van der Waals surface area contributed by atoms with Crippen LogP contribution in [0.25, 0.3) is 0 Å². The topological polar surface area (TPSA) is 55.1 Å². The number of aromatic carboxylic acids is 1. The fraction of sp³-hybridized carbons (Fsp3) is 0.667. The van der Waals surface area contributed by atoms with Crippen LogP contribution in [0.4, 0.5) is 0 Å². The summed E-state index contributed by atoms with van der Waals surface area (Å²) in [5.74, 6) is -0.267. The fourth-order valence-corrected chi connectivity index (χ4v) is 2.51. The van der Waals surface area contributed by atoms with E-state index in [1.54, 1.807) is 17.8 Å². The molecule has 0 amide bonds. The van der Waals surface area contributed by atoms with E-state index < -0.39 is 5.97 Å². The molecule has 0 bridgehead atoms. The highest BCUT2D eigenvalue weighted by Gasteiger charge is 2.19. The minimum atomic E-state index is -0.870. The van der Waals surface area contributed by atoms with Gasteiger partial charge in [-0.05, 0) is 25.7 Å². The predicted octanol–water partition coefficient (Wildman–Crippen LogP) is 2.47. The molecule has 0 unspecified atom stereocenters. The van der Waals surface area contributed by atoms with Gasteiger partial charge in [0.25, 0.3) is 0 Å². The molecule has 1 aliphatic carbocycles. The van der Waals surface area contributed by atoms with Crippen LogP contribution in [0, 0.1) is 12.8 Å². The van der Waals surface area contributed by atoms with Gasteiger partial charge in [0.1, 0.15) is 5.69 Å². The van der Waals surface area contributed by atoms with Crippen molar-refractivity contribution in [1.29, 1.82) is 0 Å². The monoisotopic (exact) mass is 222 g/mol. The number of carboxylic acids is 1. The maximum Gasteiger partial charge on any atom is 0.354 e. The molecule has 4 heteroatoms. The molecule has 1 N–H and O–H groups in total. The second kappa shape index (κ2) is 4.68. The predicted molar refractivity (Wildman–Crippen MR) is 60.5 cm³/mol. The first kappa shape index (κ1) is 11.2. The number of hydrogen-bond donors (Lipinski definition) is 1. The van der Waals surface area contributed by atoms with Crippen LogP contribution in [-0.2, 0) is 6.54 Å². The van der Waals surface area contributed by atoms with Gasteiger partial charge in [0, 0.05) is 12.1 Å². The number of carbonyl (C=O) groups is 1. The van der Waals surface area contributed by atoms with Crippen molar-refractivity contribution in [3.05, 3.63) is 17.5 Å². The van der Waals surface area contributed by atoms with Gasteiger partial charge in [-0.3, -0.25) is 4.68 Å². The van der Waals surface area contributed by atoms with E-state index >= 15 is 0 Å². The lowest BCUT2D eigenvalue weighted by Crippen LogP contribution is -2.19. The first-order valence-electron chi connectivity index (χ1n) is 5.94. The molecular weight excluding hydrogens is 204 g/mol. The third-order valence-corrected chi connectivity index (χ3v) is 3.38. The van der Waals surface area contributed by atoms with E-state index in [0.29, 0.717) is 11.6 Å². The number of aromatic nitrogens is 2. The van der Waals surface area contributed by atoms with Gasteiger partial charge >= 0.3 is 5.97 Å². The SMILES string of the molecule is Cc1cnn(CC2CCCCC2)c1C(=O)O. The zero-order chi connectivity index (χ0) is 11.5. The average Bonchev–Trinajstić information content (AvgIpc) is 2.61. The summed E-state index contributed by atoms with van der Waals surface area (Å²) in [4.78, 5) is 11.1. The van der Waals surface area contributed by atoms with Gasteiger partial charge in [0.05, 0.1) is 6.20 Å². The Morgan fingerprint density at radius 3 is 2.81 bits per heavy atom. The average molecular weight is 222 g/mol. The van der Waals surface area contributed by atoms with Crippen molar-refractivity contribution >= 4 is 5.97 Å². The summed E-state index contributed by atoms with van der Waals surface area (Å²) in [5, 5.41) is 13.3. The molecule has 0 aliphatic heterocycles. The molecule has 1 fully saturated rings. The Morgan fingerprint density at radius 1 is 1.50 bits per heavy atom. The maximum atomic E-state index is 11.1. The molecule has 1 aromatic rings. The summed E-state index contributed by atoms with van der Waals surface area (Å²) in [6.07, 6.45) is 7.92. The Bertz CT molecular complexity index is 378. The van der Waals surface area contributed by atoms with Gasteiger partial charge in [0.2, 0.25) is 0 Å². The molecule has 0 saturated heterocycles. The van der Waals surface area contributed by atoms with Crippen molar-refractivity contribution in [2.75, 3.05) is 0 Å². The van der Waals surface area contributed by atoms with E-state index in [1.165, 1.54) is 32.1 Å². The Morgan fingerprint density at radius 2 is 2.19 bits per heavy atom. The second-order valence-electron chi connectivity index (χ2n) is 4.67.